The fourth-order valence-electron chi connectivity index (χ4n) is 1.20. The molecule has 1 unspecified atom stereocenters. The molecule has 0 radical (unpaired) electrons. The van der Waals surface area contributed by atoms with Crippen LogP contribution in [0.25, 0.3) is 0 Å². The highest BCUT2D eigenvalue weighted by molar-refractivity contribution is 6.01. The summed E-state index contributed by atoms with van der Waals surface area (Å²) in [6.45, 7) is 1.29. The van der Waals surface area contributed by atoms with Gasteiger partial charge in [-0.15, -0.1) is 0 Å². The first-order chi connectivity index (χ1) is 7.40. The van der Waals surface area contributed by atoms with E-state index in [1.807, 2.05) is 5.32 Å². The van der Waals surface area contributed by atoms with Gasteiger partial charge < -0.3 is 10.4 Å². The second kappa shape index (κ2) is 4.69. The summed E-state index contributed by atoms with van der Waals surface area (Å²) in [6.07, 6.45) is -1.38. The molecule has 0 fully saturated rings. The van der Waals surface area contributed by atoms with Gasteiger partial charge in [-0.05, 0) is 19.1 Å². The maximum absolute atomic E-state index is 12.8. The van der Waals surface area contributed by atoms with Crippen molar-refractivity contribution in [1.29, 1.82) is 0 Å². The minimum atomic E-state index is -1.38. The Morgan fingerprint density at radius 2 is 1.75 bits per heavy atom. The Balaban J connectivity index is 2.91. The Kier molecular flexibility index (Phi) is 3.55. The summed E-state index contributed by atoms with van der Waals surface area (Å²) in [7, 11) is 0. The molecule has 1 atom stereocenters. The van der Waals surface area contributed by atoms with Crippen LogP contribution < -0.4 is 5.32 Å². The van der Waals surface area contributed by atoms with Crippen molar-refractivity contribution in [2.45, 2.75) is 13.0 Å². The number of carbonyl (C=O) groups excluding carboxylic acids is 1. The molecule has 2 N–H and O–H groups in total. The zero-order chi connectivity index (χ0) is 12.3. The lowest BCUT2D eigenvalue weighted by Gasteiger charge is -2.10. The number of hydrogen-bond acceptors (Lipinski definition) is 2. The number of amides is 1. The van der Waals surface area contributed by atoms with Crippen LogP contribution in [0.4, 0.5) is 13.6 Å². The molecule has 0 aliphatic carbocycles. The first-order valence-corrected chi connectivity index (χ1v) is 4.40. The molecule has 86 valence electrons. The van der Waals surface area contributed by atoms with E-state index in [1.165, 1.54) is 6.92 Å². The Morgan fingerprint density at radius 1 is 1.25 bits per heavy atom. The number of carboxylic acid groups (broad SMARTS) is 1. The van der Waals surface area contributed by atoms with E-state index < -0.39 is 29.6 Å². The topological polar surface area (TPSA) is 66.4 Å². The van der Waals surface area contributed by atoms with Crippen molar-refractivity contribution >= 4 is 11.9 Å². The predicted octanol–water partition coefficient (Wildman–Crippen LogP) is 1.80. The van der Waals surface area contributed by atoms with Gasteiger partial charge in [0.25, 0.3) is 0 Å². The molecule has 0 bridgehead atoms. The molecule has 0 saturated heterocycles. The molecular formula is C10H9F2NO3. The highest BCUT2D eigenvalue weighted by atomic mass is 19.1. The smallest absolute Gasteiger partial charge is 0.405 e. The quantitative estimate of drug-likeness (QED) is 0.776. The van der Waals surface area contributed by atoms with E-state index in [2.05, 4.69) is 0 Å². The van der Waals surface area contributed by atoms with Gasteiger partial charge in [0.05, 0.1) is 6.04 Å². The molecule has 1 aromatic carbocycles. The summed E-state index contributed by atoms with van der Waals surface area (Å²) in [5.74, 6) is -2.46. The predicted molar refractivity (Wildman–Crippen MR) is 51.3 cm³/mol. The number of benzene rings is 1. The third-order valence-electron chi connectivity index (χ3n) is 1.88. The Morgan fingerprint density at radius 3 is 2.19 bits per heavy atom. The van der Waals surface area contributed by atoms with E-state index in [-0.39, 0.29) is 5.56 Å². The van der Waals surface area contributed by atoms with Gasteiger partial charge in [0.15, 0.2) is 5.78 Å². The molecule has 0 saturated carbocycles. The zero-order valence-electron chi connectivity index (χ0n) is 8.33. The van der Waals surface area contributed by atoms with Gasteiger partial charge in [0.2, 0.25) is 0 Å². The molecule has 0 aromatic heterocycles. The summed E-state index contributed by atoms with van der Waals surface area (Å²) in [5, 5.41) is 10.3. The summed E-state index contributed by atoms with van der Waals surface area (Å²) in [5.41, 5.74) is -0.209. The summed E-state index contributed by atoms with van der Waals surface area (Å²) in [6, 6.07) is 1.28. The van der Waals surface area contributed by atoms with Crippen molar-refractivity contribution in [1.82, 2.24) is 5.32 Å². The van der Waals surface area contributed by atoms with Gasteiger partial charge in [0.1, 0.15) is 11.6 Å². The van der Waals surface area contributed by atoms with E-state index >= 15 is 0 Å². The normalized spacial score (nSPS) is 11.9. The van der Waals surface area contributed by atoms with E-state index in [9.17, 15) is 18.4 Å². The van der Waals surface area contributed by atoms with Crippen molar-refractivity contribution in [3.63, 3.8) is 0 Å². The van der Waals surface area contributed by atoms with Gasteiger partial charge in [0, 0.05) is 11.6 Å². The molecule has 0 heterocycles. The molecule has 1 amide bonds. The van der Waals surface area contributed by atoms with E-state index in [0.29, 0.717) is 6.07 Å². The standard InChI is InChI=1S/C10H9F2NO3/c1-5(13-10(15)16)9(14)6-2-7(11)4-8(12)3-6/h2-5,13H,1H3,(H,15,16). The van der Waals surface area contributed by atoms with Crippen molar-refractivity contribution in [2.24, 2.45) is 0 Å². The first-order valence-electron chi connectivity index (χ1n) is 4.40. The van der Waals surface area contributed by atoms with Crippen LogP contribution in [-0.2, 0) is 0 Å². The maximum atomic E-state index is 12.8. The SMILES string of the molecule is CC(NC(=O)O)C(=O)c1cc(F)cc(F)c1. The number of nitrogens with one attached hydrogen (secondary N) is 1. The number of halogens is 2. The Bertz CT molecular complexity index is 414. The average molecular weight is 229 g/mol. The lowest BCUT2D eigenvalue weighted by Crippen LogP contribution is -2.37. The van der Waals surface area contributed by atoms with Gasteiger partial charge >= 0.3 is 6.09 Å². The Labute approximate surface area is 89.9 Å². The minimum Gasteiger partial charge on any atom is -0.465 e. The van der Waals surface area contributed by atoms with Crippen LogP contribution in [-0.4, -0.2) is 23.0 Å². The largest absolute Gasteiger partial charge is 0.465 e. The van der Waals surface area contributed by atoms with Crippen molar-refractivity contribution in [3.05, 3.63) is 35.4 Å². The molecule has 0 aliphatic rings. The van der Waals surface area contributed by atoms with Crippen LogP contribution in [0.2, 0.25) is 0 Å². The van der Waals surface area contributed by atoms with Crippen LogP contribution in [0.3, 0.4) is 0 Å². The molecule has 0 spiro atoms. The fraction of sp³-hybridized carbons (Fsp3) is 0.200. The number of ketones is 1. The van der Waals surface area contributed by atoms with Crippen molar-refractivity contribution < 1.29 is 23.5 Å². The molecule has 1 aromatic rings. The number of hydrogen-bond donors (Lipinski definition) is 2. The first kappa shape index (κ1) is 12.1. The van der Waals surface area contributed by atoms with Crippen molar-refractivity contribution in [3.8, 4) is 0 Å². The fourth-order valence-corrected chi connectivity index (χ4v) is 1.20. The highest BCUT2D eigenvalue weighted by Crippen LogP contribution is 2.10. The lowest BCUT2D eigenvalue weighted by atomic mass is 10.1. The number of Topliss-reactive ketones (excluding diaryl/α,β-unsaturated/α-hetero) is 1. The monoisotopic (exact) mass is 229 g/mol. The van der Waals surface area contributed by atoms with E-state index in [0.717, 1.165) is 12.1 Å². The molecule has 0 aliphatic heterocycles. The summed E-state index contributed by atoms with van der Waals surface area (Å²) >= 11 is 0. The molecule has 6 heteroatoms. The van der Waals surface area contributed by atoms with Crippen LogP contribution >= 0.6 is 0 Å². The molecule has 16 heavy (non-hydrogen) atoms. The summed E-state index contributed by atoms with van der Waals surface area (Å²) in [4.78, 5) is 21.8. The zero-order valence-corrected chi connectivity index (χ0v) is 8.33. The highest BCUT2D eigenvalue weighted by Gasteiger charge is 2.18. The second-order valence-electron chi connectivity index (χ2n) is 3.19. The van der Waals surface area contributed by atoms with Gasteiger partial charge in [-0.3, -0.25) is 4.79 Å². The minimum absolute atomic E-state index is 0.209. The van der Waals surface area contributed by atoms with Gasteiger partial charge in [-0.25, -0.2) is 13.6 Å². The van der Waals surface area contributed by atoms with Gasteiger partial charge in [-0.2, -0.15) is 0 Å². The third-order valence-corrected chi connectivity index (χ3v) is 1.88. The third kappa shape index (κ3) is 3.01. The van der Waals surface area contributed by atoms with Crippen LogP contribution in [0, 0.1) is 11.6 Å². The van der Waals surface area contributed by atoms with E-state index in [4.69, 9.17) is 5.11 Å². The summed E-state index contributed by atoms with van der Waals surface area (Å²) < 4.78 is 25.6. The molecular weight excluding hydrogens is 220 g/mol. The van der Waals surface area contributed by atoms with Crippen molar-refractivity contribution in [2.75, 3.05) is 0 Å². The lowest BCUT2D eigenvalue weighted by molar-refractivity contribution is 0.0944. The number of rotatable bonds is 3. The molecule has 1 rings (SSSR count). The van der Waals surface area contributed by atoms with Crippen LogP contribution in [0.1, 0.15) is 17.3 Å². The van der Waals surface area contributed by atoms with Gasteiger partial charge in [-0.1, -0.05) is 0 Å². The molecule has 4 nitrogen and oxygen atoms in total. The van der Waals surface area contributed by atoms with Crippen LogP contribution in [0.5, 0.6) is 0 Å². The Hall–Kier alpha value is -1.98. The van der Waals surface area contributed by atoms with E-state index in [1.54, 1.807) is 0 Å². The van der Waals surface area contributed by atoms with Crippen LogP contribution in [0.15, 0.2) is 18.2 Å². The number of carbonyl (C=O) groups is 2. The maximum Gasteiger partial charge on any atom is 0.405 e. The average Bonchev–Trinajstić information content (AvgIpc) is 2.13. The second-order valence-corrected chi connectivity index (χ2v) is 3.19.